The second kappa shape index (κ2) is 3.62. The van der Waals surface area contributed by atoms with Crippen LogP contribution in [-0.4, -0.2) is 14.5 Å². The van der Waals surface area contributed by atoms with Gasteiger partial charge in [-0.3, -0.25) is 4.57 Å². The molecule has 0 unspecified atom stereocenters. The second-order valence-electron chi connectivity index (χ2n) is 3.91. The number of hydrogen-bond donors (Lipinski definition) is 1. The summed E-state index contributed by atoms with van der Waals surface area (Å²) >= 11 is 0. The number of fused-ring (bicyclic) bond motifs is 1. The predicted molar refractivity (Wildman–Crippen MR) is 64.5 cm³/mol. The Morgan fingerprint density at radius 1 is 1.35 bits per heavy atom. The molecule has 0 saturated carbocycles. The third-order valence-electron chi connectivity index (χ3n) is 2.64. The minimum atomic E-state index is 0.452. The van der Waals surface area contributed by atoms with Gasteiger partial charge >= 0.3 is 0 Å². The van der Waals surface area contributed by atoms with Gasteiger partial charge < -0.3 is 10.2 Å². The van der Waals surface area contributed by atoms with Crippen molar-refractivity contribution >= 4 is 17.1 Å². The Labute approximate surface area is 97.9 Å². The highest BCUT2D eigenvalue weighted by Crippen LogP contribution is 2.17. The average Bonchev–Trinajstić information content (AvgIpc) is 2.85. The maximum atomic E-state index is 5.88. The molecule has 3 aromatic rings. The van der Waals surface area contributed by atoms with Crippen LogP contribution in [0.25, 0.3) is 11.2 Å². The Kier molecular flexibility index (Phi) is 2.11. The van der Waals surface area contributed by atoms with E-state index in [1.54, 1.807) is 6.20 Å². The number of imidazole rings is 1. The predicted octanol–water partition coefficient (Wildman–Crippen LogP) is 1.96. The number of rotatable bonds is 2. The van der Waals surface area contributed by atoms with Crippen LogP contribution in [0.15, 0.2) is 34.9 Å². The van der Waals surface area contributed by atoms with Crippen molar-refractivity contribution in [2.75, 3.05) is 5.73 Å². The molecule has 0 spiro atoms. The Morgan fingerprint density at radius 3 is 3.00 bits per heavy atom. The van der Waals surface area contributed by atoms with Crippen LogP contribution in [-0.2, 0) is 6.54 Å². The van der Waals surface area contributed by atoms with Crippen molar-refractivity contribution in [3.8, 4) is 0 Å². The highest BCUT2D eigenvalue weighted by Gasteiger charge is 2.10. The summed E-state index contributed by atoms with van der Waals surface area (Å²) in [6.45, 7) is 2.46. The van der Waals surface area contributed by atoms with E-state index in [4.69, 9.17) is 10.2 Å². The first-order chi connectivity index (χ1) is 8.24. The molecule has 17 heavy (non-hydrogen) atoms. The third kappa shape index (κ3) is 1.65. The summed E-state index contributed by atoms with van der Waals surface area (Å²) in [5, 5.41) is 0. The van der Waals surface area contributed by atoms with Crippen molar-refractivity contribution in [1.82, 2.24) is 14.5 Å². The summed E-state index contributed by atoms with van der Waals surface area (Å²) in [5.41, 5.74) is 7.45. The monoisotopic (exact) mass is 228 g/mol. The Balaban J connectivity index is 2.08. The second-order valence-corrected chi connectivity index (χ2v) is 3.91. The summed E-state index contributed by atoms with van der Waals surface area (Å²) in [4.78, 5) is 8.54. The van der Waals surface area contributed by atoms with Crippen molar-refractivity contribution < 1.29 is 4.42 Å². The molecule has 86 valence electrons. The summed E-state index contributed by atoms with van der Waals surface area (Å²) in [6, 6.07) is 7.60. The molecule has 0 saturated heterocycles. The molecule has 5 nitrogen and oxygen atoms in total. The summed E-state index contributed by atoms with van der Waals surface area (Å²) in [7, 11) is 0. The van der Waals surface area contributed by atoms with Crippen LogP contribution in [0.2, 0.25) is 0 Å². The van der Waals surface area contributed by atoms with Crippen LogP contribution in [0.1, 0.15) is 11.5 Å². The first-order valence-electron chi connectivity index (χ1n) is 5.36. The molecule has 0 aliphatic rings. The fraction of sp³-hybridized carbons (Fsp3) is 0.167. The lowest BCUT2D eigenvalue weighted by molar-refractivity contribution is 0.473. The van der Waals surface area contributed by atoms with E-state index in [1.165, 1.54) is 0 Å². The molecular formula is C12H12N4O. The molecule has 0 bridgehead atoms. The number of hydrogen-bond acceptors (Lipinski definition) is 4. The molecular weight excluding hydrogens is 216 g/mol. The maximum absolute atomic E-state index is 5.88. The number of nitrogen functional groups attached to an aromatic ring is 1. The van der Waals surface area contributed by atoms with Crippen molar-refractivity contribution in [3.05, 3.63) is 42.0 Å². The van der Waals surface area contributed by atoms with Crippen molar-refractivity contribution in [3.63, 3.8) is 0 Å². The number of nitrogens with zero attached hydrogens (tertiary/aromatic N) is 3. The minimum Gasteiger partial charge on any atom is -0.464 e. The first-order valence-corrected chi connectivity index (χ1v) is 5.36. The largest absolute Gasteiger partial charge is 0.464 e. The van der Waals surface area contributed by atoms with Crippen molar-refractivity contribution in [2.24, 2.45) is 0 Å². The number of pyridine rings is 1. The van der Waals surface area contributed by atoms with Gasteiger partial charge in [-0.2, -0.15) is 0 Å². The topological polar surface area (TPSA) is 69.9 Å². The van der Waals surface area contributed by atoms with Crippen LogP contribution in [0.3, 0.4) is 0 Å². The molecule has 0 amide bonds. The molecule has 0 atom stereocenters. The minimum absolute atomic E-state index is 0.452. The SMILES string of the molecule is Cc1ccc(Cn2c(N)nc3cccnc32)o1. The summed E-state index contributed by atoms with van der Waals surface area (Å²) < 4.78 is 7.37. The summed E-state index contributed by atoms with van der Waals surface area (Å²) in [5.74, 6) is 2.18. The molecule has 0 aliphatic heterocycles. The standard InChI is InChI=1S/C12H12N4O/c1-8-4-5-9(17-8)7-16-11-10(15-12(16)13)3-2-6-14-11/h2-6H,7H2,1H3,(H2,13,15). The van der Waals surface area contributed by atoms with Gasteiger partial charge in [-0.25, -0.2) is 9.97 Å². The molecule has 2 N–H and O–H groups in total. The van der Waals surface area contributed by atoms with Crippen LogP contribution < -0.4 is 5.73 Å². The lowest BCUT2D eigenvalue weighted by Gasteiger charge is -2.02. The maximum Gasteiger partial charge on any atom is 0.202 e. The highest BCUT2D eigenvalue weighted by molar-refractivity contribution is 5.73. The first kappa shape index (κ1) is 9.89. The Hall–Kier alpha value is -2.30. The van der Waals surface area contributed by atoms with Crippen molar-refractivity contribution in [2.45, 2.75) is 13.5 Å². The molecule has 0 fully saturated rings. The zero-order chi connectivity index (χ0) is 11.8. The van der Waals surface area contributed by atoms with Gasteiger partial charge in [-0.05, 0) is 31.2 Å². The van der Waals surface area contributed by atoms with Crippen LogP contribution in [0.4, 0.5) is 5.95 Å². The van der Waals surface area contributed by atoms with E-state index in [0.29, 0.717) is 12.5 Å². The molecule has 3 heterocycles. The number of furan rings is 1. The van der Waals surface area contributed by atoms with E-state index in [1.807, 2.05) is 35.8 Å². The van der Waals surface area contributed by atoms with Crippen molar-refractivity contribution in [1.29, 1.82) is 0 Å². The molecule has 3 aromatic heterocycles. The van der Waals surface area contributed by atoms with Gasteiger partial charge in [0.2, 0.25) is 5.95 Å². The van der Waals surface area contributed by atoms with Gasteiger partial charge in [0.25, 0.3) is 0 Å². The fourth-order valence-electron chi connectivity index (χ4n) is 1.86. The van der Waals surface area contributed by atoms with Gasteiger partial charge in [0, 0.05) is 6.20 Å². The average molecular weight is 228 g/mol. The number of aromatic nitrogens is 3. The van der Waals surface area contributed by atoms with Gasteiger partial charge in [-0.1, -0.05) is 0 Å². The van der Waals surface area contributed by atoms with E-state index in [2.05, 4.69) is 9.97 Å². The van der Waals surface area contributed by atoms with Crippen LogP contribution in [0, 0.1) is 6.92 Å². The van der Waals surface area contributed by atoms with E-state index in [-0.39, 0.29) is 0 Å². The molecule has 0 aliphatic carbocycles. The molecule has 5 heteroatoms. The van der Waals surface area contributed by atoms with Gasteiger partial charge in [-0.15, -0.1) is 0 Å². The zero-order valence-electron chi connectivity index (χ0n) is 9.42. The quantitative estimate of drug-likeness (QED) is 0.728. The van der Waals surface area contributed by atoms with E-state index < -0.39 is 0 Å². The van der Waals surface area contributed by atoms with E-state index in [0.717, 1.165) is 22.7 Å². The molecule has 3 rings (SSSR count). The van der Waals surface area contributed by atoms with Gasteiger partial charge in [0.1, 0.15) is 17.0 Å². The number of nitrogens with two attached hydrogens (primary N) is 1. The zero-order valence-corrected chi connectivity index (χ0v) is 9.42. The fourth-order valence-corrected chi connectivity index (χ4v) is 1.86. The normalized spacial score (nSPS) is 11.1. The lowest BCUT2D eigenvalue weighted by Crippen LogP contribution is -2.04. The van der Waals surface area contributed by atoms with E-state index >= 15 is 0 Å². The number of aryl methyl sites for hydroxylation is 1. The third-order valence-corrected chi connectivity index (χ3v) is 2.64. The number of anilines is 1. The lowest BCUT2D eigenvalue weighted by atomic mass is 10.4. The highest BCUT2D eigenvalue weighted by atomic mass is 16.3. The van der Waals surface area contributed by atoms with Crippen LogP contribution >= 0.6 is 0 Å². The van der Waals surface area contributed by atoms with E-state index in [9.17, 15) is 0 Å². The Bertz CT molecular complexity index is 668. The van der Waals surface area contributed by atoms with Crippen LogP contribution in [0.5, 0.6) is 0 Å². The molecule has 0 aromatic carbocycles. The van der Waals surface area contributed by atoms with Gasteiger partial charge in [0.05, 0.1) is 6.54 Å². The Morgan fingerprint density at radius 2 is 2.24 bits per heavy atom. The van der Waals surface area contributed by atoms with Gasteiger partial charge in [0.15, 0.2) is 5.65 Å². The smallest absolute Gasteiger partial charge is 0.202 e. The summed E-state index contributed by atoms with van der Waals surface area (Å²) in [6.07, 6.45) is 1.73. The molecule has 0 radical (unpaired) electrons.